The molecule has 2 heterocycles. The molecule has 40 heavy (non-hydrogen) atoms. The third-order valence-corrected chi connectivity index (χ3v) is 6.10. The first-order chi connectivity index (χ1) is 19.4. The van der Waals surface area contributed by atoms with E-state index in [0.29, 0.717) is 17.1 Å². The Morgan fingerprint density at radius 1 is 1.00 bits per heavy atom. The van der Waals surface area contributed by atoms with Gasteiger partial charge in [-0.2, -0.15) is 4.80 Å². The van der Waals surface area contributed by atoms with Crippen molar-refractivity contribution < 1.29 is 23.5 Å². The molecule has 5 aromatic rings. The van der Waals surface area contributed by atoms with E-state index in [2.05, 4.69) is 20.7 Å². The minimum absolute atomic E-state index is 0.0246. The van der Waals surface area contributed by atoms with Gasteiger partial charge in [0.1, 0.15) is 29.9 Å². The third kappa shape index (κ3) is 5.88. The molecule has 1 unspecified atom stereocenters. The molecule has 202 valence electrons. The van der Waals surface area contributed by atoms with Crippen LogP contribution in [0.1, 0.15) is 22.9 Å². The lowest BCUT2D eigenvalue weighted by atomic mass is 10.0. The van der Waals surface area contributed by atoms with Gasteiger partial charge in [-0.3, -0.25) is 14.5 Å². The molecule has 11 heteroatoms. The van der Waals surface area contributed by atoms with Crippen molar-refractivity contribution in [2.45, 2.75) is 26.1 Å². The van der Waals surface area contributed by atoms with E-state index in [0.717, 1.165) is 15.3 Å². The second-order valence-electron chi connectivity index (χ2n) is 8.97. The highest BCUT2D eigenvalue weighted by atomic mass is 19.1. The molecule has 0 radical (unpaired) electrons. The molecule has 2 amide bonds. The maximum atomic E-state index is 15.2. The van der Waals surface area contributed by atoms with Gasteiger partial charge in [0.2, 0.25) is 11.7 Å². The first kappa shape index (κ1) is 26.3. The van der Waals surface area contributed by atoms with Crippen LogP contribution in [0.25, 0.3) is 11.6 Å². The molecule has 5 rings (SSSR count). The quantitative estimate of drug-likeness (QED) is 0.287. The largest absolute Gasteiger partial charge is 0.508 e. The van der Waals surface area contributed by atoms with Gasteiger partial charge in [0.25, 0.3) is 5.91 Å². The van der Waals surface area contributed by atoms with Crippen LogP contribution in [-0.4, -0.2) is 37.1 Å². The van der Waals surface area contributed by atoms with Gasteiger partial charge in [0, 0.05) is 6.54 Å². The van der Waals surface area contributed by atoms with Crippen molar-refractivity contribution in [1.29, 1.82) is 0 Å². The van der Waals surface area contributed by atoms with Crippen molar-refractivity contribution in [3.8, 4) is 17.3 Å². The van der Waals surface area contributed by atoms with Gasteiger partial charge in [-0.1, -0.05) is 54.6 Å². The van der Waals surface area contributed by atoms with Crippen molar-refractivity contribution in [2.24, 2.45) is 0 Å². The van der Waals surface area contributed by atoms with Gasteiger partial charge in [-0.25, -0.2) is 4.39 Å². The molecule has 0 saturated heterocycles. The number of aryl methyl sites for hydroxylation is 1. The number of aromatic nitrogens is 4. The number of hydrogen-bond acceptors (Lipinski definition) is 7. The number of hydrogen-bond donors (Lipinski definition) is 2. The standard InChI is InChI=1S/C29H25FN6O4/c1-19-11-16-25(40-19)28-32-34-35(33-28)18-26(38)36(24-10-6-5-9-23(24)30)27(21-12-14-22(37)15-13-21)29(39)31-17-20-7-3-2-4-8-20/h2-16,27,37H,17-18H2,1H3,(H,31,39). The van der Waals surface area contributed by atoms with Crippen LogP contribution in [0.15, 0.2) is 95.4 Å². The zero-order chi connectivity index (χ0) is 28.1. The van der Waals surface area contributed by atoms with E-state index in [9.17, 15) is 14.7 Å². The summed E-state index contributed by atoms with van der Waals surface area (Å²) < 4.78 is 20.7. The van der Waals surface area contributed by atoms with Gasteiger partial charge in [0.05, 0.1) is 5.69 Å². The zero-order valence-electron chi connectivity index (χ0n) is 21.4. The molecule has 2 aromatic heterocycles. The van der Waals surface area contributed by atoms with E-state index in [1.54, 1.807) is 25.1 Å². The number of aromatic hydroxyl groups is 1. The van der Waals surface area contributed by atoms with E-state index in [1.165, 1.54) is 42.5 Å². The summed E-state index contributed by atoms with van der Waals surface area (Å²) >= 11 is 0. The summed E-state index contributed by atoms with van der Waals surface area (Å²) in [6, 6.07) is 22.9. The van der Waals surface area contributed by atoms with Crippen LogP contribution in [0.4, 0.5) is 10.1 Å². The highest BCUT2D eigenvalue weighted by Crippen LogP contribution is 2.31. The topological polar surface area (TPSA) is 126 Å². The van der Waals surface area contributed by atoms with E-state index in [4.69, 9.17) is 4.42 Å². The van der Waals surface area contributed by atoms with Gasteiger partial charge in [0.15, 0.2) is 5.76 Å². The Hall–Kier alpha value is -5.32. The Balaban J connectivity index is 1.51. The number of nitrogens with one attached hydrogen (secondary N) is 1. The van der Waals surface area contributed by atoms with Crippen molar-refractivity contribution in [2.75, 3.05) is 4.90 Å². The molecule has 0 aliphatic heterocycles. The molecule has 0 aliphatic rings. The molecule has 0 saturated carbocycles. The van der Waals surface area contributed by atoms with E-state index < -0.39 is 30.2 Å². The summed E-state index contributed by atoms with van der Waals surface area (Å²) in [6.07, 6.45) is 0. The fraction of sp³-hybridized carbons (Fsp3) is 0.138. The van der Waals surface area contributed by atoms with Crippen molar-refractivity contribution in [3.05, 3.63) is 114 Å². The van der Waals surface area contributed by atoms with Crippen molar-refractivity contribution in [3.63, 3.8) is 0 Å². The SMILES string of the molecule is Cc1ccc(-c2nnn(CC(=O)N(c3ccccc3F)C(C(=O)NCc3ccccc3)c3ccc(O)cc3)n2)o1. The number of phenolic OH excluding ortho intramolecular Hbond substituents is 1. The van der Waals surface area contributed by atoms with E-state index >= 15 is 4.39 Å². The summed E-state index contributed by atoms with van der Waals surface area (Å²) in [4.78, 5) is 29.7. The zero-order valence-corrected chi connectivity index (χ0v) is 21.4. The number of amides is 2. The Morgan fingerprint density at radius 3 is 2.42 bits per heavy atom. The highest BCUT2D eigenvalue weighted by molar-refractivity contribution is 6.01. The monoisotopic (exact) mass is 540 g/mol. The number of phenols is 1. The van der Waals surface area contributed by atoms with Crippen molar-refractivity contribution in [1.82, 2.24) is 25.5 Å². The van der Waals surface area contributed by atoms with Gasteiger partial charge >= 0.3 is 0 Å². The molecule has 0 aliphatic carbocycles. The van der Waals surface area contributed by atoms with Crippen LogP contribution in [0.2, 0.25) is 0 Å². The summed E-state index contributed by atoms with van der Waals surface area (Å²) in [7, 11) is 0. The van der Waals surface area contributed by atoms with Crippen LogP contribution >= 0.6 is 0 Å². The average molecular weight is 541 g/mol. The molecule has 0 bridgehead atoms. The lowest BCUT2D eigenvalue weighted by Crippen LogP contribution is -2.45. The van der Waals surface area contributed by atoms with Gasteiger partial charge < -0.3 is 14.8 Å². The van der Waals surface area contributed by atoms with Crippen LogP contribution in [-0.2, 0) is 22.7 Å². The summed E-state index contributed by atoms with van der Waals surface area (Å²) in [5, 5.41) is 24.8. The van der Waals surface area contributed by atoms with Gasteiger partial charge in [-0.15, -0.1) is 10.2 Å². The first-order valence-electron chi connectivity index (χ1n) is 12.4. The number of tetrazole rings is 1. The summed E-state index contributed by atoms with van der Waals surface area (Å²) in [5.74, 6) is -0.732. The Kier molecular flexibility index (Phi) is 7.63. The molecular weight excluding hydrogens is 515 g/mol. The van der Waals surface area contributed by atoms with Crippen LogP contribution < -0.4 is 10.2 Å². The van der Waals surface area contributed by atoms with E-state index in [-0.39, 0.29) is 23.8 Å². The number of benzene rings is 3. The lowest BCUT2D eigenvalue weighted by molar-refractivity contribution is -0.127. The second-order valence-corrected chi connectivity index (χ2v) is 8.97. The Bertz CT molecular complexity index is 1620. The molecule has 3 aromatic carbocycles. The maximum Gasteiger partial charge on any atom is 0.251 e. The second kappa shape index (κ2) is 11.6. The average Bonchev–Trinajstić information content (AvgIpc) is 3.61. The summed E-state index contributed by atoms with van der Waals surface area (Å²) in [5.41, 5.74) is 1.09. The first-order valence-corrected chi connectivity index (χ1v) is 12.4. The molecule has 0 fully saturated rings. The number of rotatable bonds is 9. The van der Waals surface area contributed by atoms with Gasteiger partial charge in [-0.05, 0) is 59.7 Å². The predicted octanol–water partition coefficient (Wildman–Crippen LogP) is 4.18. The third-order valence-electron chi connectivity index (χ3n) is 6.10. The maximum absolute atomic E-state index is 15.2. The predicted molar refractivity (Wildman–Crippen MR) is 143 cm³/mol. The highest BCUT2D eigenvalue weighted by Gasteiger charge is 2.34. The minimum Gasteiger partial charge on any atom is -0.508 e. The number of para-hydroxylation sites is 1. The molecule has 10 nitrogen and oxygen atoms in total. The number of carbonyl (C=O) groups is 2. The van der Waals surface area contributed by atoms with Crippen LogP contribution in [0.5, 0.6) is 5.75 Å². The normalized spacial score (nSPS) is 11.7. The van der Waals surface area contributed by atoms with E-state index in [1.807, 2.05) is 30.3 Å². The number of anilines is 1. The molecule has 0 spiro atoms. The number of furan rings is 1. The fourth-order valence-corrected chi connectivity index (χ4v) is 4.18. The number of nitrogens with zero attached hydrogens (tertiary/aromatic N) is 5. The number of carbonyl (C=O) groups excluding carboxylic acids is 2. The fourth-order valence-electron chi connectivity index (χ4n) is 4.18. The Morgan fingerprint density at radius 2 is 1.73 bits per heavy atom. The van der Waals surface area contributed by atoms with Crippen LogP contribution in [0, 0.1) is 12.7 Å². The Labute approximate surface area is 228 Å². The molecule has 1 atom stereocenters. The van der Waals surface area contributed by atoms with Crippen LogP contribution in [0.3, 0.4) is 0 Å². The molecular formula is C29H25FN6O4. The smallest absolute Gasteiger partial charge is 0.251 e. The number of halogens is 1. The lowest BCUT2D eigenvalue weighted by Gasteiger charge is -2.31. The summed E-state index contributed by atoms with van der Waals surface area (Å²) in [6.45, 7) is 1.52. The molecule has 2 N–H and O–H groups in total. The minimum atomic E-state index is -1.29. The van der Waals surface area contributed by atoms with Crippen molar-refractivity contribution >= 4 is 17.5 Å².